The number of aliphatic imine (C=N–C) groups is 1. The normalized spacial score (nSPS) is 16.1. The highest BCUT2D eigenvalue weighted by Gasteiger charge is 2.24. The monoisotopic (exact) mass is 498 g/mol. The van der Waals surface area contributed by atoms with Gasteiger partial charge < -0.3 is 10.1 Å². The van der Waals surface area contributed by atoms with Crippen LogP contribution in [0.25, 0.3) is 6.08 Å². The van der Waals surface area contributed by atoms with Crippen molar-refractivity contribution < 1.29 is 9.53 Å². The van der Waals surface area contributed by atoms with Crippen LogP contribution in [0.1, 0.15) is 11.1 Å². The first kappa shape index (κ1) is 20.7. The van der Waals surface area contributed by atoms with Gasteiger partial charge in [0.25, 0.3) is 5.91 Å². The minimum absolute atomic E-state index is 0.162. The Morgan fingerprint density at radius 3 is 2.53 bits per heavy atom. The molecule has 0 aromatic heterocycles. The summed E-state index contributed by atoms with van der Waals surface area (Å²) in [6, 6.07) is 22.8. The van der Waals surface area contributed by atoms with Gasteiger partial charge in [0.1, 0.15) is 12.4 Å². The fraction of sp³-hybridized carbons (Fsp3) is 0.0435. The molecular formula is C23H16BrClN2O2S. The lowest BCUT2D eigenvalue weighted by Crippen LogP contribution is -2.19. The molecule has 30 heavy (non-hydrogen) atoms. The first-order chi connectivity index (χ1) is 14.6. The molecule has 150 valence electrons. The van der Waals surface area contributed by atoms with Crippen LogP contribution in [0.2, 0.25) is 5.02 Å². The Bertz CT molecular complexity index is 1150. The summed E-state index contributed by atoms with van der Waals surface area (Å²) in [6.07, 6.45) is 1.83. The zero-order chi connectivity index (χ0) is 20.9. The molecule has 4 nitrogen and oxygen atoms in total. The van der Waals surface area contributed by atoms with E-state index in [9.17, 15) is 4.79 Å². The Kier molecular flexibility index (Phi) is 6.57. The molecule has 0 spiro atoms. The van der Waals surface area contributed by atoms with Crippen molar-refractivity contribution >= 4 is 62.1 Å². The highest BCUT2D eigenvalue weighted by molar-refractivity contribution is 9.10. The number of carbonyl (C=O) groups excluding carboxylic acids is 1. The Balaban J connectivity index is 1.43. The number of nitrogens with one attached hydrogen (secondary N) is 1. The van der Waals surface area contributed by atoms with E-state index < -0.39 is 0 Å². The molecule has 1 aliphatic rings. The van der Waals surface area contributed by atoms with E-state index in [0.717, 1.165) is 27.0 Å². The van der Waals surface area contributed by atoms with Gasteiger partial charge in [-0.1, -0.05) is 54.1 Å². The molecule has 4 rings (SSSR count). The van der Waals surface area contributed by atoms with Crippen molar-refractivity contribution in [2.75, 3.05) is 0 Å². The summed E-state index contributed by atoms with van der Waals surface area (Å²) in [7, 11) is 0. The van der Waals surface area contributed by atoms with Crippen LogP contribution in [0.15, 0.2) is 87.2 Å². The van der Waals surface area contributed by atoms with Crippen LogP contribution in [0, 0.1) is 0 Å². The smallest absolute Gasteiger partial charge is 0.264 e. The second kappa shape index (κ2) is 9.51. The summed E-state index contributed by atoms with van der Waals surface area (Å²) >= 11 is 10.9. The standard InChI is InChI=1S/C23H16BrClN2O2S/c24-18-6-2-4-8-20(18)26-23-27-22(28)21(30-23)13-15-9-11-17(12-10-15)29-14-16-5-1-3-7-19(16)25/h1-13H,14H2,(H,26,27,28)/b21-13-. The molecule has 1 aliphatic heterocycles. The van der Waals surface area contributed by atoms with Crippen molar-refractivity contribution in [1.82, 2.24) is 5.32 Å². The highest BCUT2D eigenvalue weighted by Crippen LogP contribution is 2.31. The number of amides is 1. The van der Waals surface area contributed by atoms with E-state index in [2.05, 4.69) is 26.2 Å². The molecule has 0 atom stereocenters. The third kappa shape index (κ3) is 5.14. The Morgan fingerprint density at radius 2 is 1.77 bits per heavy atom. The summed E-state index contributed by atoms with van der Waals surface area (Å²) in [5.74, 6) is 0.571. The third-order valence-corrected chi connectivity index (χ3v) is 6.20. The number of amidine groups is 1. The molecule has 0 unspecified atom stereocenters. The van der Waals surface area contributed by atoms with Gasteiger partial charge in [0, 0.05) is 15.1 Å². The molecule has 0 radical (unpaired) electrons. The van der Waals surface area contributed by atoms with Crippen molar-refractivity contribution in [2.24, 2.45) is 4.99 Å². The van der Waals surface area contributed by atoms with E-state index in [1.165, 1.54) is 11.8 Å². The number of hydrogen-bond acceptors (Lipinski definition) is 4. The van der Waals surface area contributed by atoms with Gasteiger partial charge in [-0.2, -0.15) is 0 Å². The molecule has 0 bridgehead atoms. The fourth-order valence-electron chi connectivity index (χ4n) is 2.72. The molecule has 7 heteroatoms. The molecule has 3 aromatic carbocycles. The maximum Gasteiger partial charge on any atom is 0.264 e. The highest BCUT2D eigenvalue weighted by atomic mass is 79.9. The van der Waals surface area contributed by atoms with Crippen molar-refractivity contribution in [2.45, 2.75) is 6.61 Å². The molecule has 0 aliphatic carbocycles. The fourth-order valence-corrected chi connectivity index (χ4v) is 4.12. The number of benzene rings is 3. The van der Waals surface area contributed by atoms with Gasteiger partial charge in [-0.05, 0) is 69.7 Å². The van der Waals surface area contributed by atoms with Gasteiger partial charge in [0.15, 0.2) is 5.17 Å². The average Bonchev–Trinajstić information content (AvgIpc) is 3.09. The van der Waals surface area contributed by atoms with Crippen molar-refractivity contribution in [3.05, 3.63) is 98.3 Å². The Morgan fingerprint density at radius 1 is 1.03 bits per heavy atom. The number of nitrogens with zero attached hydrogens (tertiary/aromatic N) is 1. The van der Waals surface area contributed by atoms with E-state index in [-0.39, 0.29) is 5.91 Å². The third-order valence-electron chi connectivity index (χ3n) is 4.26. The van der Waals surface area contributed by atoms with Crippen LogP contribution < -0.4 is 10.1 Å². The van der Waals surface area contributed by atoms with E-state index >= 15 is 0 Å². The molecule has 0 saturated carbocycles. The van der Waals surface area contributed by atoms with Crippen molar-refractivity contribution in [1.29, 1.82) is 0 Å². The molecule has 1 fully saturated rings. The largest absolute Gasteiger partial charge is 0.489 e. The molecule has 1 saturated heterocycles. The SMILES string of the molecule is O=C1NC(=Nc2ccccc2Br)S/C1=C\c1ccc(OCc2ccccc2Cl)cc1. The summed E-state index contributed by atoms with van der Waals surface area (Å²) in [4.78, 5) is 17.4. The topological polar surface area (TPSA) is 50.7 Å². The van der Waals surface area contributed by atoms with Crippen LogP contribution in [0.4, 0.5) is 5.69 Å². The van der Waals surface area contributed by atoms with Crippen LogP contribution in [-0.4, -0.2) is 11.1 Å². The maximum absolute atomic E-state index is 12.3. The Labute approximate surface area is 192 Å². The summed E-state index contributed by atoms with van der Waals surface area (Å²) < 4.78 is 6.67. The maximum atomic E-state index is 12.3. The molecule has 1 amide bonds. The van der Waals surface area contributed by atoms with Crippen LogP contribution in [-0.2, 0) is 11.4 Å². The van der Waals surface area contributed by atoms with Gasteiger partial charge >= 0.3 is 0 Å². The van der Waals surface area contributed by atoms with Gasteiger partial charge in [-0.3, -0.25) is 4.79 Å². The lowest BCUT2D eigenvalue weighted by Gasteiger charge is -2.08. The molecule has 1 heterocycles. The molecule has 1 N–H and O–H groups in total. The summed E-state index contributed by atoms with van der Waals surface area (Å²) in [5, 5.41) is 4.04. The van der Waals surface area contributed by atoms with E-state index in [1.54, 1.807) is 0 Å². The average molecular weight is 500 g/mol. The predicted octanol–water partition coefficient (Wildman–Crippen LogP) is 6.57. The first-order valence-corrected chi connectivity index (χ1v) is 11.1. The Hall–Kier alpha value is -2.54. The van der Waals surface area contributed by atoms with E-state index in [4.69, 9.17) is 16.3 Å². The molecule has 3 aromatic rings. The van der Waals surface area contributed by atoms with Gasteiger partial charge in [-0.15, -0.1) is 0 Å². The zero-order valence-corrected chi connectivity index (χ0v) is 18.8. The number of carbonyl (C=O) groups is 1. The van der Waals surface area contributed by atoms with Gasteiger partial charge in [0.05, 0.1) is 10.6 Å². The quantitative estimate of drug-likeness (QED) is 0.404. The minimum Gasteiger partial charge on any atom is -0.489 e. The summed E-state index contributed by atoms with van der Waals surface area (Å²) in [6.45, 7) is 0.396. The second-order valence-corrected chi connectivity index (χ2v) is 8.67. The number of para-hydroxylation sites is 1. The first-order valence-electron chi connectivity index (χ1n) is 9.09. The predicted molar refractivity (Wildman–Crippen MR) is 127 cm³/mol. The number of halogens is 2. The number of thioether (sulfide) groups is 1. The minimum atomic E-state index is -0.162. The van der Waals surface area contributed by atoms with Crippen molar-refractivity contribution in [3.8, 4) is 5.75 Å². The number of ether oxygens (including phenoxy) is 1. The lowest BCUT2D eigenvalue weighted by atomic mass is 10.2. The van der Waals surface area contributed by atoms with Crippen LogP contribution in [0.3, 0.4) is 0 Å². The van der Waals surface area contributed by atoms with Gasteiger partial charge in [-0.25, -0.2) is 4.99 Å². The van der Waals surface area contributed by atoms with Crippen LogP contribution in [0.5, 0.6) is 5.75 Å². The number of hydrogen-bond donors (Lipinski definition) is 1. The van der Waals surface area contributed by atoms with Crippen molar-refractivity contribution in [3.63, 3.8) is 0 Å². The number of rotatable bonds is 5. The summed E-state index contributed by atoms with van der Waals surface area (Å²) in [5.41, 5.74) is 2.60. The zero-order valence-electron chi connectivity index (χ0n) is 15.6. The van der Waals surface area contributed by atoms with Crippen LogP contribution >= 0.6 is 39.3 Å². The lowest BCUT2D eigenvalue weighted by molar-refractivity contribution is -0.115. The molecular weight excluding hydrogens is 484 g/mol. The van der Waals surface area contributed by atoms with E-state index in [0.29, 0.717) is 21.7 Å². The van der Waals surface area contributed by atoms with E-state index in [1.807, 2.05) is 78.9 Å². The second-order valence-electron chi connectivity index (χ2n) is 6.38. The van der Waals surface area contributed by atoms with Gasteiger partial charge in [0.2, 0.25) is 0 Å².